The lowest BCUT2D eigenvalue weighted by Crippen LogP contribution is -2.52. The van der Waals surface area contributed by atoms with Crippen LogP contribution in [0.25, 0.3) is 35.3 Å². The lowest BCUT2D eigenvalue weighted by molar-refractivity contribution is -0.754. The van der Waals surface area contributed by atoms with Gasteiger partial charge in [-0.3, -0.25) is 14.4 Å². The van der Waals surface area contributed by atoms with Gasteiger partial charge in [0.1, 0.15) is 41.3 Å². The van der Waals surface area contributed by atoms with Crippen LogP contribution in [0.5, 0.6) is 0 Å². The lowest BCUT2D eigenvalue weighted by atomic mass is 9.66. The number of H-pyrrole nitrogens is 1. The Balaban J connectivity index is 0.000000137. The Hall–Kier alpha value is -9.54. The third-order valence-electron chi connectivity index (χ3n) is 20.2. The summed E-state index contributed by atoms with van der Waals surface area (Å²) < 4.78 is 133. The summed E-state index contributed by atoms with van der Waals surface area (Å²) in [4.78, 5) is 40.5. The van der Waals surface area contributed by atoms with Crippen LogP contribution in [-0.4, -0.2) is 164 Å². The number of carbonyl (C=O) groups is 3. The summed E-state index contributed by atoms with van der Waals surface area (Å²) in [5.41, 5.74) is 6.98. The van der Waals surface area contributed by atoms with Gasteiger partial charge in [0.05, 0.1) is 93.0 Å². The zero-order chi connectivity index (χ0) is 72.3. The summed E-state index contributed by atoms with van der Waals surface area (Å²) >= 11 is 0. The molecular formula is C69H76F3N18O9S3+. The van der Waals surface area contributed by atoms with Crippen LogP contribution in [-0.2, 0) is 83.4 Å². The average molecular weight is 1450 g/mol. The number of rotatable bonds is 18. The van der Waals surface area contributed by atoms with Crippen molar-refractivity contribution in [2.75, 3.05) is 39.3 Å². The summed E-state index contributed by atoms with van der Waals surface area (Å²) in [6.45, 7) is 12.9. The van der Waals surface area contributed by atoms with Crippen LogP contribution in [0.15, 0.2) is 142 Å². The predicted molar refractivity (Wildman–Crippen MR) is 365 cm³/mol. The molecule has 27 nitrogen and oxygen atoms in total. The van der Waals surface area contributed by atoms with Crippen LogP contribution in [0, 0.1) is 33.7 Å². The number of benzene rings is 3. The number of fused-ring (bicyclic) bond motifs is 6. The van der Waals surface area contributed by atoms with Gasteiger partial charge in [-0.1, -0.05) is 47.9 Å². The normalized spacial score (nSPS) is 20.5. The van der Waals surface area contributed by atoms with E-state index in [-0.39, 0.29) is 89.1 Å². The largest absolute Gasteiger partial charge is 0.346 e. The summed E-state index contributed by atoms with van der Waals surface area (Å²) in [5, 5.41) is 35.9. The number of aromatic amines is 1. The van der Waals surface area contributed by atoms with Gasteiger partial charge in [-0.25, -0.2) is 57.2 Å². The van der Waals surface area contributed by atoms with E-state index in [0.717, 1.165) is 69.8 Å². The van der Waals surface area contributed by atoms with Gasteiger partial charge in [0, 0.05) is 45.8 Å². The molecule has 3 aliphatic carbocycles. The highest BCUT2D eigenvalue weighted by Crippen LogP contribution is 2.49. The maximum Gasteiger partial charge on any atom is 0.346 e. The molecule has 0 unspecified atom stereocenters. The Labute approximate surface area is 587 Å². The first-order valence-corrected chi connectivity index (χ1v) is 38.0. The Morgan fingerprint density at radius 1 is 0.500 bits per heavy atom. The van der Waals surface area contributed by atoms with E-state index in [4.69, 9.17) is 0 Å². The Kier molecular flexibility index (Phi) is 19.2. The number of hydrogen-bond donors (Lipinski definition) is 1. The SMILES string of the molecule is CCC[n+]1cc(S(=O)(=O)N2CCC3=Cc4c(cnn4-c4ccc(F)cc4)C[C@]3(C(C)=O)C2)n[nH]1.CCCn1ncc(S(=O)(=O)N2CCC3=Cc4c(cnn4-c4ccc(F)cc4)C[C@]3(C(C)=O)C2)n1.CCCn1nncc1S(=O)(=O)N1CCC2=Cc3c(cnn3-c3ccc(F)cc3)C[C@]2(C(C)=O)C1. The number of hydrogen-bond acceptors (Lipinski definition) is 17. The molecule has 0 spiro atoms. The fraction of sp³-hybridized carbons (Fsp3) is 0.391. The van der Waals surface area contributed by atoms with E-state index in [0.29, 0.717) is 75.2 Å². The van der Waals surface area contributed by atoms with Crippen molar-refractivity contribution in [3.8, 4) is 17.1 Å². The third-order valence-corrected chi connectivity index (χ3v) is 25.4. The van der Waals surface area contributed by atoms with E-state index < -0.39 is 46.3 Å². The highest BCUT2D eigenvalue weighted by molar-refractivity contribution is 7.89. The van der Waals surface area contributed by atoms with Gasteiger partial charge in [-0.2, -0.15) is 42.8 Å². The van der Waals surface area contributed by atoms with E-state index in [2.05, 4.69) is 46.1 Å². The molecule has 0 radical (unpaired) electrons. The molecule has 15 rings (SSSR count). The second-order valence-corrected chi connectivity index (χ2v) is 32.2. The number of aromatic nitrogens is 15. The van der Waals surface area contributed by atoms with Gasteiger partial charge in [-0.05, 0) is 186 Å². The molecule has 3 fully saturated rings. The van der Waals surface area contributed by atoms with Gasteiger partial charge < -0.3 is 0 Å². The van der Waals surface area contributed by atoms with Gasteiger partial charge in [0.2, 0.25) is 5.03 Å². The number of sulfonamides is 3. The molecule has 6 aromatic heterocycles. The maximum atomic E-state index is 13.5. The Morgan fingerprint density at radius 2 is 0.892 bits per heavy atom. The number of piperidine rings is 3. The second-order valence-electron chi connectivity index (χ2n) is 26.5. The molecule has 534 valence electrons. The number of halogens is 3. The van der Waals surface area contributed by atoms with Crippen LogP contribution >= 0.6 is 0 Å². The summed E-state index contributed by atoms with van der Waals surface area (Å²) in [6.07, 6.45) is 19.6. The number of ketones is 3. The van der Waals surface area contributed by atoms with Crippen LogP contribution < -0.4 is 4.68 Å². The molecule has 9 aromatic rings. The van der Waals surface area contributed by atoms with Crippen molar-refractivity contribution in [3.05, 3.63) is 178 Å². The smallest absolute Gasteiger partial charge is 0.299 e. The maximum absolute atomic E-state index is 13.5. The van der Waals surface area contributed by atoms with Crippen molar-refractivity contribution >= 4 is 65.6 Å². The lowest BCUT2D eigenvalue weighted by Gasteiger charge is -2.44. The average Bonchev–Trinajstić information content (AvgIpc) is 1.31. The number of aryl methyl sites for hydroxylation is 3. The molecule has 1 N–H and O–H groups in total. The molecule has 3 saturated heterocycles. The topological polar surface area (TPSA) is 311 Å². The van der Waals surface area contributed by atoms with E-state index in [9.17, 15) is 52.8 Å². The number of Topliss-reactive ketones (excluding diaryl/α,β-unsaturated/α-hetero) is 3. The van der Waals surface area contributed by atoms with Crippen molar-refractivity contribution in [1.29, 1.82) is 0 Å². The Bertz CT molecular complexity index is 4980. The first kappa shape index (κ1) is 70.9. The van der Waals surface area contributed by atoms with Gasteiger partial charge >= 0.3 is 5.03 Å². The molecule has 6 aliphatic rings. The van der Waals surface area contributed by atoms with Crippen molar-refractivity contribution in [2.45, 2.75) is 134 Å². The summed E-state index contributed by atoms with van der Waals surface area (Å²) in [5.74, 6) is -1.25. The molecule has 102 heavy (non-hydrogen) atoms. The van der Waals surface area contributed by atoms with Gasteiger partial charge in [0.15, 0.2) is 11.2 Å². The van der Waals surface area contributed by atoms with Crippen LogP contribution in [0.2, 0.25) is 0 Å². The van der Waals surface area contributed by atoms with Crippen LogP contribution in [0.3, 0.4) is 0 Å². The zero-order valence-electron chi connectivity index (χ0n) is 57.0. The summed E-state index contributed by atoms with van der Waals surface area (Å²) in [6, 6.07) is 18.1. The minimum Gasteiger partial charge on any atom is -0.299 e. The van der Waals surface area contributed by atoms with Crippen molar-refractivity contribution in [3.63, 3.8) is 0 Å². The second kappa shape index (κ2) is 27.7. The van der Waals surface area contributed by atoms with Gasteiger partial charge in [0.25, 0.3) is 30.1 Å². The van der Waals surface area contributed by atoms with Crippen LogP contribution in [0.1, 0.15) is 114 Å². The number of nitrogens with zero attached hydrogens (tertiary/aromatic N) is 17. The molecule has 3 aromatic carbocycles. The molecule has 0 saturated carbocycles. The molecule has 3 atom stereocenters. The van der Waals surface area contributed by atoms with Gasteiger partial charge in [-0.15, -0.1) is 10.2 Å². The molecule has 3 aliphatic heterocycles. The van der Waals surface area contributed by atoms with Crippen molar-refractivity contribution in [1.82, 2.24) is 82.6 Å². The minimum absolute atomic E-state index is 0.0400. The molecular weight excluding hydrogens is 1380 g/mol. The van der Waals surface area contributed by atoms with E-state index >= 15 is 0 Å². The van der Waals surface area contributed by atoms with Crippen molar-refractivity contribution in [2.24, 2.45) is 16.2 Å². The zero-order valence-corrected chi connectivity index (χ0v) is 59.4. The fourth-order valence-corrected chi connectivity index (χ4v) is 19.0. The third kappa shape index (κ3) is 12.8. The minimum atomic E-state index is -3.90. The quantitative estimate of drug-likeness (QED) is 0.0824. The van der Waals surface area contributed by atoms with Crippen molar-refractivity contribution < 1.29 is 57.5 Å². The molecule has 0 bridgehead atoms. The number of carbonyl (C=O) groups excluding carboxylic acids is 3. The summed E-state index contributed by atoms with van der Waals surface area (Å²) in [7, 11) is -11.6. The molecule has 33 heteroatoms. The first-order valence-electron chi connectivity index (χ1n) is 33.6. The molecule has 0 amide bonds. The standard InChI is InChI=1S/3C23H25FN6O3S/c1-3-9-29-22(14-25-27-29)34(32,33)28-10-8-18-11-21-17(12-23(18,15-28)16(2)31)13-26-30(21)20-6-4-19(24)5-7-20;1-3-9-29-25-14-22(27-29)34(32,33)28-10-8-18-11-21-17(12-23(18,15-28)16(2)31)13-26-30(21)20-6-4-19(24)5-7-20;1-3-9-28-14-22(26-27-28)34(32,33)29-10-8-18-11-21-17(12-23(18,15-29)16(2)31)13-25-30(21)20-6-4-19(24)5-7-20/h3*4-7,11,13-14H,3,8-10,12,15H2,1-2H3/p+1/t3*23-/m111/s1. The van der Waals surface area contributed by atoms with E-state index in [1.165, 1.54) is 98.2 Å². The van der Waals surface area contributed by atoms with E-state index in [1.807, 2.05) is 39.0 Å². The highest BCUT2D eigenvalue weighted by Gasteiger charge is 2.53. The highest BCUT2D eigenvalue weighted by atomic mass is 32.2. The Morgan fingerprint density at radius 3 is 1.27 bits per heavy atom. The van der Waals surface area contributed by atoms with E-state index in [1.54, 1.807) is 73.7 Å². The fourth-order valence-electron chi connectivity index (χ4n) is 14.6. The predicted octanol–water partition coefficient (Wildman–Crippen LogP) is 7.29. The monoisotopic (exact) mass is 1450 g/mol. The first-order chi connectivity index (χ1) is 48.7. The number of nitrogens with one attached hydrogen (secondary N) is 1. The molecule has 9 heterocycles. The van der Waals surface area contributed by atoms with Crippen LogP contribution in [0.4, 0.5) is 13.2 Å².